The minimum atomic E-state index is -3.70. The van der Waals surface area contributed by atoms with Crippen LogP contribution in [0.1, 0.15) is 41.6 Å². The highest BCUT2D eigenvalue weighted by molar-refractivity contribution is 7.92. The largest absolute Gasteiger partial charge is 0.497 e. The van der Waals surface area contributed by atoms with Gasteiger partial charge in [-0.1, -0.05) is 18.9 Å². The molecule has 2 aromatic carbocycles. The molecule has 1 amide bonds. The topological polar surface area (TPSA) is 75.7 Å². The molecule has 0 atom stereocenters. The SMILES string of the molecule is COc1ccc(S(=O)(=O)N2CCc3c(C(=O)NC4CCCC4)cccc32)cc1. The first-order chi connectivity index (χ1) is 13.5. The van der Waals surface area contributed by atoms with Crippen LogP contribution in [0.25, 0.3) is 0 Å². The van der Waals surface area contributed by atoms with Crippen LogP contribution in [0.5, 0.6) is 5.75 Å². The molecule has 6 nitrogen and oxygen atoms in total. The number of nitrogens with zero attached hydrogens (tertiary/aromatic N) is 1. The minimum Gasteiger partial charge on any atom is -0.497 e. The van der Waals surface area contributed by atoms with Crippen molar-refractivity contribution in [2.24, 2.45) is 0 Å². The van der Waals surface area contributed by atoms with Crippen molar-refractivity contribution in [3.63, 3.8) is 0 Å². The predicted molar refractivity (Wildman–Crippen MR) is 107 cm³/mol. The molecule has 1 saturated carbocycles. The smallest absolute Gasteiger partial charge is 0.264 e. The average molecular weight is 401 g/mol. The molecule has 0 saturated heterocycles. The third kappa shape index (κ3) is 3.35. The molecule has 2 aliphatic rings. The van der Waals surface area contributed by atoms with Crippen LogP contribution in [-0.2, 0) is 16.4 Å². The van der Waals surface area contributed by atoms with Crippen molar-refractivity contribution in [1.82, 2.24) is 5.32 Å². The van der Waals surface area contributed by atoms with Gasteiger partial charge in [-0.2, -0.15) is 0 Å². The van der Waals surface area contributed by atoms with Crippen molar-refractivity contribution in [2.45, 2.75) is 43.0 Å². The fourth-order valence-corrected chi connectivity index (χ4v) is 5.57. The van der Waals surface area contributed by atoms with Crippen molar-refractivity contribution in [1.29, 1.82) is 0 Å². The second kappa shape index (κ2) is 7.47. The van der Waals surface area contributed by atoms with Crippen LogP contribution in [0.3, 0.4) is 0 Å². The van der Waals surface area contributed by atoms with E-state index in [9.17, 15) is 13.2 Å². The van der Waals surface area contributed by atoms with E-state index in [0.717, 1.165) is 31.2 Å². The normalized spacial score (nSPS) is 16.8. The van der Waals surface area contributed by atoms with Crippen LogP contribution in [0, 0.1) is 0 Å². The van der Waals surface area contributed by atoms with Gasteiger partial charge in [0.25, 0.3) is 15.9 Å². The van der Waals surface area contributed by atoms with E-state index >= 15 is 0 Å². The monoisotopic (exact) mass is 400 g/mol. The highest BCUT2D eigenvalue weighted by Crippen LogP contribution is 2.35. The summed E-state index contributed by atoms with van der Waals surface area (Å²) in [6.07, 6.45) is 4.84. The summed E-state index contributed by atoms with van der Waals surface area (Å²) in [6, 6.07) is 11.9. The number of sulfonamides is 1. The summed E-state index contributed by atoms with van der Waals surface area (Å²) in [5, 5.41) is 3.10. The van der Waals surface area contributed by atoms with Crippen molar-refractivity contribution < 1.29 is 17.9 Å². The summed E-state index contributed by atoms with van der Waals surface area (Å²) in [4.78, 5) is 13.0. The molecule has 1 aliphatic carbocycles. The molecule has 0 unspecified atom stereocenters. The van der Waals surface area contributed by atoms with E-state index in [0.29, 0.717) is 30.0 Å². The van der Waals surface area contributed by atoms with Gasteiger partial charge >= 0.3 is 0 Å². The number of hydrogen-bond acceptors (Lipinski definition) is 4. The predicted octanol–water partition coefficient (Wildman–Crippen LogP) is 3.12. The van der Waals surface area contributed by atoms with Gasteiger partial charge in [0, 0.05) is 18.2 Å². The van der Waals surface area contributed by atoms with Crippen molar-refractivity contribution >= 4 is 21.6 Å². The van der Waals surface area contributed by atoms with Gasteiger partial charge in [0.1, 0.15) is 5.75 Å². The number of carbonyl (C=O) groups is 1. The molecule has 1 heterocycles. The highest BCUT2D eigenvalue weighted by Gasteiger charge is 2.33. The first-order valence-corrected chi connectivity index (χ1v) is 11.0. The maximum absolute atomic E-state index is 13.1. The van der Waals surface area contributed by atoms with Crippen LogP contribution in [0.2, 0.25) is 0 Å². The Hall–Kier alpha value is -2.54. The Labute approximate surface area is 165 Å². The molecular weight excluding hydrogens is 376 g/mol. The van der Waals surface area contributed by atoms with Crippen LogP contribution in [0.15, 0.2) is 47.4 Å². The molecule has 1 N–H and O–H groups in total. The third-order valence-electron chi connectivity index (χ3n) is 5.57. The van der Waals surface area contributed by atoms with E-state index in [1.54, 1.807) is 49.6 Å². The molecule has 0 aromatic heterocycles. The Bertz CT molecular complexity index is 980. The van der Waals surface area contributed by atoms with Gasteiger partial charge < -0.3 is 10.1 Å². The zero-order valence-corrected chi connectivity index (χ0v) is 16.7. The van der Waals surface area contributed by atoms with Crippen LogP contribution < -0.4 is 14.4 Å². The molecule has 148 valence electrons. The number of methoxy groups -OCH3 is 1. The lowest BCUT2D eigenvalue weighted by Crippen LogP contribution is -2.33. The number of rotatable bonds is 5. The molecule has 2 aromatic rings. The van der Waals surface area contributed by atoms with E-state index in [1.807, 2.05) is 0 Å². The molecule has 1 fully saturated rings. The van der Waals surface area contributed by atoms with Gasteiger partial charge in [-0.15, -0.1) is 0 Å². The van der Waals surface area contributed by atoms with Gasteiger partial charge in [0.15, 0.2) is 0 Å². The Morgan fingerprint density at radius 2 is 1.82 bits per heavy atom. The van der Waals surface area contributed by atoms with Crippen molar-refractivity contribution in [3.8, 4) is 5.75 Å². The van der Waals surface area contributed by atoms with Gasteiger partial charge in [-0.3, -0.25) is 9.10 Å². The van der Waals surface area contributed by atoms with Crippen molar-refractivity contribution in [2.75, 3.05) is 18.0 Å². The molecule has 7 heteroatoms. The summed E-state index contributed by atoms with van der Waals surface area (Å²) < 4.78 is 32.8. The summed E-state index contributed by atoms with van der Waals surface area (Å²) in [5.74, 6) is 0.499. The first kappa shape index (κ1) is 18.8. The second-order valence-corrected chi connectivity index (χ2v) is 9.12. The zero-order valence-electron chi connectivity index (χ0n) is 15.8. The summed E-state index contributed by atoms with van der Waals surface area (Å²) >= 11 is 0. The van der Waals surface area contributed by atoms with Crippen LogP contribution in [-0.4, -0.2) is 34.0 Å². The van der Waals surface area contributed by atoms with E-state index in [1.165, 1.54) is 4.31 Å². The van der Waals surface area contributed by atoms with Gasteiger partial charge in [-0.05, 0) is 61.2 Å². The molecule has 0 bridgehead atoms. The van der Waals surface area contributed by atoms with Gasteiger partial charge in [0.2, 0.25) is 0 Å². The number of amides is 1. The molecule has 0 spiro atoms. The summed E-state index contributed by atoms with van der Waals surface area (Å²) in [6.45, 7) is 0.331. The number of benzene rings is 2. The summed E-state index contributed by atoms with van der Waals surface area (Å²) in [5.41, 5.74) is 1.97. The maximum Gasteiger partial charge on any atom is 0.264 e. The molecule has 28 heavy (non-hydrogen) atoms. The van der Waals surface area contributed by atoms with E-state index < -0.39 is 10.0 Å². The van der Waals surface area contributed by atoms with Crippen LogP contribution in [0.4, 0.5) is 5.69 Å². The number of nitrogens with one attached hydrogen (secondary N) is 1. The zero-order chi connectivity index (χ0) is 19.7. The van der Waals surface area contributed by atoms with Gasteiger partial charge in [0.05, 0.1) is 17.7 Å². The van der Waals surface area contributed by atoms with Gasteiger partial charge in [-0.25, -0.2) is 8.42 Å². The number of carbonyl (C=O) groups excluding carboxylic acids is 1. The lowest BCUT2D eigenvalue weighted by Gasteiger charge is -2.20. The lowest BCUT2D eigenvalue weighted by molar-refractivity contribution is 0.0937. The number of hydrogen-bond donors (Lipinski definition) is 1. The minimum absolute atomic E-state index is 0.104. The van der Waals surface area contributed by atoms with E-state index in [2.05, 4.69) is 5.32 Å². The number of fused-ring (bicyclic) bond motifs is 1. The Balaban J connectivity index is 1.62. The van der Waals surface area contributed by atoms with E-state index in [-0.39, 0.29) is 16.8 Å². The maximum atomic E-state index is 13.1. The molecular formula is C21H24N2O4S. The standard InChI is InChI=1S/C21H24N2O4S/c1-27-16-9-11-17(12-10-16)28(25,26)23-14-13-18-19(7-4-8-20(18)23)21(24)22-15-5-2-3-6-15/h4,7-12,15H,2-3,5-6,13-14H2,1H3,(H,22,24). The Morgan fingerprint density at radius 3 is 2.50 bits per heavy atom. The third-order valence-corrected chi connectivity index (χ3v) is 7.39. The Kier molecular flexibility index (Phi) is 5.02. The van der Waals surface area contributed by atoms with E-state index in [4.69, 9.17) is 4.74 Å². The summed E-state index contributed by atoms with van der Waals surface area (Å²) in [7, 11) is -2.16. The quantitative estimate of drug-likeness (QED) is 0.837. The second-order valence-electron chi connectivity index (χ2n) is 7.26. The fraction of sp³-hybridized carbons (Fsp3) is 0.381. The fourth-order valence-electron chi connectivity index (χ4n) is 4.08. The molecule has 1 aliphatic heterocycles. The lowest BCUT2D eigenvalue weighted by atomic mass is 10.0. The highest BCUT2D eigenvalue weighted by atomic mass is 32.2. The average Bonchev–Trinajstić information content (AvgIpc) is 3.37. The molecule has 4 rings (SSSR count). The number of anilines is 1. The van der Waals surface area contributed by atoms with Crippen LogP contribution >= 0.6 is 0 Å². The Morgan fingerprint density at radius 1 is 1.11 bits per heavy atom. The van der Waals surface area contributed by atoms with Crippen molar-refractivity contribution in [3.05, 3.63) is 53.6 Å². The molecule has 0 radical (unpaired) electrons. The first-order valence-electron chi connectivity index (χ1n) is 9.60. The number of ether oxygens (including phenoxy) is 1.